The Hall–Kier alpha value is -2.35. The van der Waals surface area contributed by atoms with Crippen molar-refractivity contribution in [3.8, 4) is 0 Å². The quantitative estimate of drug-likeness (QED) is 0.755. The minimum atomic E-state index is 0.0172. The molecule has 2 heteroatoms. The SMILES string of the molecule is O=C1C2=Cc3ccccc3NC2c2ccccc21. The highest BCUT2D eigenvalue weighted by Gasteiger charge is 2.36. The summed E-state index contributed by atoms with van der Waals surface area (Å²) in [5.74, 6) is 0.151. The zero-order valence-electron chi connectivity index (χ0n) is 9.68. The van der Waals surface area contributed by atoms with E-state index in [1.54, 1.807) is 0 Å². The Morgan fingerprint density at radius 3 is 2.67 bits per heavy atom. The zero-order chi connectivity index (χ0) is 12.1. The summed E-state index contributed by atoms with van der Waals surface area (Å²) < 4.78 is 0. The fourth-order valence-corrected chi connectivity index (χ4v) is 2.79. The molecule has 1 atom stereocenters. The van der Waals surface area contributed by atoms with Crippen molar-refractivity contribution < 1.29 is 4.79 Å². The van der Waals surface area contributed by atoms with E-state index in [1.165, 1.54) is 0 Å². The van der Waals surface area contributed by atoms with Gasteiger partial charge in [0.1, 0.15) is 0 Å². The van der Waals surface area contributed by atoms with Gasteiger partial charge in [-0.05, 0) is 23.3 Å². The second-order valence-electron chi connectivity index (χ2n) is 4.68. The van der Waals surface area contributed by atoms with Gasteiger partial charge in [0.2, 0.25) is 0 Å². The van der Waals surface area contributed by atoms with Crippen LogP contribution in [0.4, 0.5) is 5.69 Å². The molecule has 2 aromatic carbocycles. The lowest BCUT2D eigenvalue weighted by Crippen LogP contribution is -2.15. The number of rotatable bonds is 0. The minimum Gasteiger partial charge on any atom is -0.373 e. The summed E-state index contributed by atoms with van der Waals surface area (Å²) in [5.41, 5.74) is 4.95. The average Bonchev–Trinajstić information content (AvgIpc) is 2.71. The Morgan fingerprint density at radius 2 is 1.72 bits per heavy atom. The molecule has 2 nitrogen and oxygen atoms in total. The Labute approximate surface area is 105 Å². The van der Waals surface area contributed by atoms with Crippen molar-refractivity contribution in [2.24, 2.45) is 0 Å². The van der Waals surface area contributed by atoms with Gasteiger partial charge in [0.25, 0.3) is 0 Å². The van der Waals surface area contributed by atoms with E-state index in [0.29, 0.717) is 0 Å². The molecule has 0 saturated carbocycles. The zero-order valence-corrected chi connectivity index (χ0v) is 9.68. The lowest BCUT2D eigenvalue weighted by molar-refractivity contribution is 0.103. The second kappa shape index (κ2) is 3.33. The highest BCUT2D eigenvalue weighted by molar-refractivity contribution is 6.18. The molecule has 0 amide bonds. The lowest BCUT2D eigenvalue weighted by atomic mass is 9.97. The number of anilines is 1. The van der Waals surface area contributed by atoms with Crippen molar-refractivity contribution in [1.29, 1.82) is 0 Å². The van der Waals surface area contributed by atoms with E-state index >= 15 is 0 Å². The molecule has 1 heterocycles. The summed E-state index contributed by atoms with van der Waals surface area (Å²) in [6.45, 7) is 0. The van der Waals surface area contributed by atoms with E-state index in [2.05, 4.69) is 5.32 Å². The first-order valence-corrected chi connectivity index (χ1v) is 6.05. The molecule has 2 aromatic rings. The number of benzene rings is 2. The topological polar surface area (TPSA) is 29.1 Å². The number of nitrogens with one attached hydrogen (secondary N) is 1. The van der Waals surface area contributed by atoms with E-state index in [4.69, 9.17) is 0 Å². The summed E-state index contributed by atoms with van der Waals surface area (Å²) in [7, 11) is 0. The van der Waals surface area contributed by atoms with Crippen molar-refractivity contribution in [2.45, 2.75) is 6.04 Å². The molecule has 1 aliphatic carbocycles. The fraction of sp³-hybridized carbons (Fsp3) is 0.0625. The van der Waals surface area contributed by atoms with Crippen LogP contribution in [-0.4, -0.2) is 5.78 Å². The smallest absolute Gasteiger partial charge is 0.191 e. The predicted molar refractivity (Wildman–Crippen MR) is 71.6 cm³/mol. The molecule has 0 bridgehead atoms. The van der Waals surface area contributed by atoms with Crippen LogP contribution in [0, 0.1) is 0 Å². The largest absolute Gasteiger partial charge is 0.373 e. The van der Waals surface area contributed by atoms with Crippen LogP contribution in [0.5, 0.6) is 0 Å². The maximum Gasteiger partial charge on any atom is 0.191 e. The first-order chi connectivity index (χ1) is 8.84. The van der Waals surface area contributed by atoms with Crippen LogP contribution < -0.4 is 5.32 Å². The highest BCUT2D eigenvalue weighted by atomic mass is 16.1. The molecule has 1 aliphatic heterocycles. The molecule has 0 radical (unpaired) electrons. The van der Waals surface area contributed by atoms with Crippen molar-refractivity contribution in [1.82, 2.24) is 0 Å². The Bertz CT molecular complexity index is 700. The van der Waals surface area contributed by atoms with Crippen LogP contribution in [0.25, 0.3) is 6.08 Å². The predicted octanol–water partition coefficient (Wildman–Crippen LogP) is 3.43. The molecular weight excluding hydrogens is 222 g/mol. The van der Waals surface area contributed by atoms with Crippen LogP contribution >= 0.6 is 0 Å². The van der Waals surface area contributed by atoms with Gasteiger partial charge < -0.3 is 5.32 Å². The summed E-state index contributed by atoms with van der Waals surface area (Å²) in [4.78, 5) is 12.3. The molecule has 4 rings (SSSR count). The summed E-state index contributed by atoms with van der Waals surface area (Å²) in [5, 5.41) is 3.46. The molecule has 0 fully saturated rings. The number of carbonyl (C=O) groups excluding carboxylic acids is 1. The maximum atomic E-state index is 12.3. The van der Waals surface area contributed by atoms with Gasteiger partial charge in [-0.25, -0.2) is 0 Å². The van der Waals surface area contributed by atoms with Gasteiger partial charge in [-0.15, -0.1) is 0 Å². The van der Waals surface area contributed by atoms with Crippen molar-refractivity contribution in [3.05, 3.63) is 70.8 Å². The van der Waals surface area contributed by atoms with Gasteiger partial charge in [0, 0.05) is 16.8 Å². The second-order valence-corrected chi connectivity index (χ2v) is 4.68. The van der Waals surface area contributed by atoms with E-state index < -0.39 is 0 Å². The van der Waals surface area contributed by atoms with Crippen molar-refractivity contribution in [2.75, 3.05) is 5.32 Å². The number of ketones is 1. The third-order valence-electron chi connectivity index (χ3n) is 3.66. The maximum absolute atomic E-state index is 12.3. The summed E-state index contributed by atoms with van der Waals surface area (Å²) >= 11 is 0. The van der Waals surface area contributed by atoms with Gasteiger partial charge in [-0.3, -0.25) is 4.79 Å². The standard InChI is InChI=1S/C16H11NO/c18-16-12-7-3-2-6-11(12)15-13(16)9-10-5-1-4-8-14(10)17-15/h1-9,15,17H. The number of Topliss-reactive ketones (excluding diaryl/α,β-unsaturated/α-hetero) is 1. The van der Waals surface area contributed by atoms with Crippen molar-refractivity contribution in [3.63, 3.8) is 0 Å². The first kappa shape index (κ1) is 9.66. The molecule has 18 heavy (non-hydrogen) atoms. The number of para-hydroxylation sites is 1. The van der Waals surface area contributed by atoms with E-state index in [0.717, 1.165) is 28.0 Å². The van der Waals surface area contributed by atoms with Crippen molar-refractivity contribution >= 4 is 17.5 Å². The van der Waals surface area contributed by atoms with Gasteiger partial charge in [0.05, 0.1) is 6.04 Å². The van der Waals surface area contributed by atoms with Crippen LogP contribution in [0.3, 0.4) is 0 Å². The Kier molecular flexibility index (Phi) is 1.78. The van der Waals surface area contributed by atoms with Crippen LogP contribution in [-0.2, 0) is 0 Å². The molecule has 0 spiro atoms. The van der Waals surface area contributed by atoms with Gasteiger partial charge in [-0.1, -0.05) is 42.5 Å². The Morgan fingerprint density at radius 1 is 0.944 bits per heavy atom. The monoisotopic (exact) mass is 233 g/mol. The van der Waals surface area contributed by atoms with Crippen LogP contribution in [0.2, 0.25) is 0 Å². The van der Waals surface area contributed by atoms with E-state index in [1.807, 2.05) is 54.6 Å². The average molecular weight is 233 g/mol. The van der Waals surface area contributed by atoms with E-state index in [9.17, 15) is 4.79 Å². The molecule has 1 N–H and O–H groups in total. The Balaban J connectivity index is 1.95. The highest BCUT2D eigenvalue weighted by Crippen LogP contribution is 2.42. The van der Waals surface area contributed by atoms with E-state index in [-0.39, 0.29) is 11.8 Å². The number of hydrogen-bond donors (Lipinski definition) is 1. The third kappa shape index (κ3) is 1.15. The summed E-state index contributed by atoms with van der Waals surface area (Å²) in [6.07, 6.45) is 2.01. The number of fused-ring (bicyclic) bond motifs is 4. The van der Waals surface area contributed by atoms with Crippen LogP contribution in [0.1, 0.15) is 27.5 Å². The van der Waals surface area contributed by atoms with Gasteiger partial charge >= 0.3 is 0 Å². The van der Waals surface area contributed by atoms with Gasteiger partial charge in [-0.2, -0.15) is 0 Å². The summed E-state index contributed by atoms with van der Waals surface area (Å²) in [6, 6.07) is 15.9. The minimum absolute atomic E-state index is 0.0172. The molecule has 2 aliphatic rings. The molecule has 86 valence electrons. The molecule has 0 aromatic heterocycles. The first-order valence-electron chi connectivity index (χ1n) is 6.05. The molecule has 1 unspecified atom stereocenters. The molecular formula is C16H11NO. The van der Waals surface area contributed by atoms with Gasteiger partial charge in [0.15, 0.2) is 5.78 Å². The molecule has 0 saturated heterocycles. The third-order valence-corrected chi connectivity index (χ3v) is 3.66. The number of hydrogen-bond acceptors (Lipinski definition) is 2. The fourth-order valence-electron chi connectivity index (χ4n) is 2.79. The lowest BCUT2D eigenvalue weighted by Gasteiger charge is -2.23. The normalized spacial score (nSPS) is 19.4. The van der Waals surface area contributed by atoms with Crippen LogP contribution in [0.15, 0.2) is 54.1 Å². The number of carbonyl (C=O) groups is 1.